The first-order chi connectivity index (χ1) is 14.2. The van der Waals surface area contributed by atoms with Crippen LogP contribution in [0.3, 0.4) is 0 Å². The summed E-state index contributed by atoms with van der Waals surface area (Å²) in [7, 11) is -3.12. The number of sulfone groups is 1. The van der Waals surface area contributed by atoms with Crippen LogP contribution in [0.5, 0.6) is 0 Å². The number of hydrogen-bond acceptors (Lipinski definition) is 6. The fraction of sp³-hybridized carbons (Fsp3) is 0.333. The average molecular weight is 464 g/mol. The fourth-order valence-corrected chi connectivity index (χ4v) is 6.62. The summed E-state index contributed by atoms with van der Waals surface area (Å²) in [6.45, 7) is 3.93. The smallest absolute Gasteiger partial charge is 0.234 e. The number of thioether (sulfide) groups is 1. The van der Waals surface area contributed by atoms with Gasteiger partial charge >= 0.3 is 0 Å². The molecule has 0 spiro atoms. The van der Waals surface area contributed by atoms with E-state index >= 15 is 0 Å². The summed E-state index contributed by atoms with van der Waals surface area (Å²) in [5.41, 5.74) is 3.70. The van der Waals surface area contributed by atoms with Gasteiger partial charge in [0.1, 0.15) is 0 Å². The second kappa shape index (κ2) is 8.24. The van der Waals surface area contributed by atoms with Crippen LogP contribution in [0.15, 0.2) is 47.5 Å². The molecule has 2 heterocycles. The standard InChI is InChI=1S/C21H22ClN3O3S2/c1-13-3-4-14(2)17(9-13)23-20(26)10-29-21-24-18-11-30(27,28)12-19(18)25(21)16-7-5-15(22)6-8-16/h3-9,18-19H,10-12H2,1-2H3,(H,23,26)/t18-,19+/m1/s1. The maximum atomic E-state index is 12.6. The molecule has 1 amide bonds. The van der Waals surface area contributed by atoms with Crippen molar-refractivity contribution in [3.05, 3.63) is 58.6 Å². The number of nitrogens with zero attached hydrogens (tertiary/aromatic N) is 2. The lowest BCUT2D eigenvalue weighted by molar-refractivity contribution is -0.113. The zero-order valence-electron chi connectivity index (χ0n) is 16.6. The normalized spacial score (nSPS) is 22.0. The highest BCUT2D eigenvalue weighted by Gasteiger charge is 2.47. The van der Waals surface area contributed by atoms with Crippen LogP contribution in [0.2, 0.25) is 5.02 Å². The largest absolute Gasteiger partial charge is 0.325 e. The summed E-state index contributed by atoms with van der Waals surface area (Å²) < 4.78 is 24.2. The molecule has 0 radical (unpaired) electrons. The Bertz CT molecular complexity index is 1120. The molecule has 1 saturated heterocycles. The van der Waals surface area contributed by atoms with E-state index in [-0.39, 0.29) is 35.2 Å². The highest BCUT2D eigenvalue weighted by atomic mass is 35.5. The fourth-order valence-electron chi connectivity index (χ4n) is 3.72. The van der Waals surface area contributed by atoms with Gasteiger partial charge in [-0.25, -0.2) is 8.42 Å². The molecule has 6 nitrogen and oxygen atoms in total. The predicted molar refractivity (Wildman–Crippen MR) is 125 cm³/mol. The molecule has 2 aliphatic rings. The van der Waals surface area contributed by atoms with E-state index in [4.69, 9.17) is 11.6 Å². The Morgan fingerprint density at radius 3 is 2.67 bits per heavy atom. The van der Waals surface area contributed by atoms with Crippen LogP contribution < -0.4 is 10.2 Å². The Kier molecular flexibility index (Phi) is 5.83. The molecule has 0 unspecified atom stereocenters. The number of amides is 1. The quantitative estimate of drug-likeness (QED) is 0.748. The molecule has 2 aromatic rings. The predicted octanol–water partition coefficient (Wildman–Crippen LogP) is 3.67. The van der Waals surface area contributed by atoms with Gasteiger partial charge in [0.2, 0.25) is 5.91 Å². The summed E-state index contributed by atoms with van der Waals surface area (Å²) >= 11 is 7.33. The van der Waals surface area contributed by atoms with Crippen LogP contribution in [0, 0.1) is 13.8 Å². The Morgan fingerprint density at radius 1 is 1.20 bits per heavy atom. The minimum Gasteiger partial charge on any atom is -0.325 e. The topological polar surface area (TPSA) is 78.8 Å². The van der Waals surface area contributed by atoms with Gasteiger partial charge in [0, 0.05) is 16.4 Å². The lowest BCUT2D eigenvalue weighted by Gasteiger charge is -2.26. The van der Waals surface area contributed by atoms with Gasteiger partial charge in [-0.15, -0.1) is 0 Å². The first-order valence-corrected chi connectivity index (χ1v) is 12.7. The van der Waals surface area contributed by atoms with Crippen LogP contribution in [-0.4, -0.2) is 48.8 Å². The third kappa shape index (κ3) is 4.50. The zero-order chi connectivity index (χ0) is 21.5. The summed E-state index contributed by atoms with van der Waals surface area (Å²) in [4.78, 5) is 19.1. The molecule has 2 aliphatic heterocycles. The Hall–Kier alpha value is -2.03. The second-order valence-electron chi connectivity index (χ2n) is 7.62. The van der Waals surface area contributed by atoms with Crippen molar-refractivity contribution in [2.24, 2.45) is 4.99 Å². The molecule has 2 aromatic carbocycles. The molecular formula is C21H22ClN3O3S2. The molecule has 9 heteroatoms. The molecule has 158 valence electrons. The van der Waals surface area contributed by atoms with Gasteiger partial charge in [-0.2, -0.15) is 0 Å². The van der Waals surface area contributed by atoms with Gasteiger partial charge in [-0.1, -0.05) is 35.5 Å². The molecular weight excluding hydrogens is 442 g/mol. The number of nitrogens with one attached hydrogen (secondary N) is 1. The first kappa shape index (κ1) is 21.2. The summed E-state index contributed by atoms with van der Waals surface area (Å²) in [5.74, 6) is 0.156. The van der Waals surface area contributed by atoms with E-state index in [1.54, 1.807) is 12.1 Å². The molecule has 0 aromatic heterocycles. The summed E-state index contributed by atoms with van der Waals surface area (Å²) in [6.07, 6.45) is 0. The number of anilines is 2. The number of rotatable bonds is 4. The van der Waals surface area contributed by atoms with Crippen molar-refractivity contribution < 1.29 is 13.2 Å². The number of halogens is 1. The number of hydrogen-bond donors (Lipinski definition) is 1. The molecule has 0 aliphatic carbocycles. The molecule has 2 atom stereocenters. The number of benzene rings is 2. The minimum absolute atomic E-state index is 0.0422. The Balaban J connectivity index is 1.50. The van der Waals surface area contributed by atoms with Crippen molar-refractivity contribution in [2.75, 3.05) is 27.5 Å². The SMILES string of the molecule is Cc1ccc(C)c(NC(=O)CSC2=N[C@@H]3CS(=O)(=O)C[C@@H]3N2c2ccc(Cl)cc2)c1. The molecule has 0 saturated carbocycles. The van der Waals surface area contributed by atoms with Crippen molar-refractivity contribution in [3.63, 3.8) is 0 Å². The maximum Gasteiger partial charge on any atom is 0.234 e. The maximum absolute atomic E-state index is 12.6. The summed E-state index contributed by atoms with van der Waals surface area (Å²) in [6, 6.07) is 12.6. The van der Waals surface area contributed by atoms with E-state index in [9.17, 15) is 13.2 Å². The van der Waals surface area contributed by atoms with Gasteiger partial charge < -0.3 is 10.2 Å². The third-order valence-electron chi connectivity index (χ3n) is 5.21. The van der Waals surface area contributed by atoms with E-state index in [1.165, 1.54) is 11.8 Å². The number of amidine groups is 1. The van der Waals surface area contributed by atoms with Crippen LogP contribution in [0.25, 0.3) is 0 Å². The second-order valence-corrected chi connectivity index (χ2v) is 11.2. The van der Waals surface area contributed by atoms with E-state index in [1.807, 2.05) is 49.1 Å². The number of aryl methyl sites for hydroxylation is 2. The van der Waals surface area contributed by atoms with Crippen molar-refractivity contribution >= 4 is 55.6 Å². The third-order valence-corrected chi connectivity index (χ3v) is 8.13. The van der Waals surface area contributed by atoms with Gasteiger partial charge in [-0.05, 0) is 55.3 Å². The van der Waals surface area contributed by atoms with E-state index in [0.29, 0.717) is 10.2 Å². The molecule has 1 N–H and O–H groups in total. The molecule has 30 heavy (non-hydrogen) atoms. The van der Waals surface area contributed by atoms with E-state index in [0.717, 1.165) is 22.5 Å². The lowest BCUT2D eigenvalue weighted by atomic mass is 10.1. The van der Waals surface area contributed by atoms with Crippen molar-refractivity contribution in [1.82, 2.24) is 0 Å². The van der Waals surface area contributed by atoms with Crippen molar-refractivity contribution in [3.8, 4) is 0 Å². The van der Waals surface area contributed by atoms with Crippen molar-refractivity contribution in [1.29, 1.82) is 0 Å². The molecule has 1 fully saturated rings. The Morgan fingerprint density at radius 2 is 1.93 bits per heavy atom. The van der Waals surface area contributed by atoms with Gasteiger partial charge in [-0.3, -0.25) is 9.79 Å². The van der Waals surface area contributed by atoms with Crippen LogP contribution in [-0.2, 0) is 14.6 Å². The monoisotopic (exact) mass is 463 g/mol. The highest BCUT2D eigenvalue weighted by molar-refractivity contribution is 8.14. The highest BCUT2D eigenvalue weighted by Crippen LogP contribution is 2.35. The van der Waals surface area contributed by atoms with Crippen LogP contribution in [0.4, 0.5) is 11.4 Å². The summed E-state index contributed by atoms with van der Waals surface area (Å²) in [5, 5.41) is 4.22. The van der Waals surface area contributed by atoms with E-state index < -0.39 is 9.84 Å². The molecule has 4 rings (SSSR count). The Labute approximate surface area is 185 Å². The van der Waals surface area contributed by atoms with Gasteiger partial charge in [0.05, 0.1) is 29.3 Å². The lowest BCUT2D eigenvalue weighted by Crippen LogP contribution is -2.39. The number of aliphatic imine (C=N–C) groups is 1. The average Bonchev–Trinajstić information content (AvgIpc) is 3.15. The molecule has 0 bridgehead atoms. The zero-order valence-corrected chi connectivity index (χ0v) is 19.0. The minimum atomic E-state index is -3.12. The van der Waals surface area contributed by atoms with Gasteiger partial charge in [0.15, 0.2) is 15.0 Å². The van der Waals surface area contributed by atoms with Gasteiger partial charge in [0.25, 0.3) is 0 Å². The van der Waals surface area contributed by atoms with Crippen LogP contribution in [0.1, 0.15) is 11.1 Å². The van der Waals surface area contributed by atoms with Crippen molar-refractivity contribution in [2.45, 2.75) is 25.9 Å². The van der Waals surface area contributed by atoms with Crippen LogP contribution >= 0.6 is 23.4 Å². The first-order valence-electron chi connectivity index (χ1n) is 9.55. The van der Waals surface area contributed by atoms with E-state index in [2.05, 4.69) is 10.3 Å². The number of carbonyl (C=O) groups is 1. The number of fused-ring (bicyclic) bond motifs is 1. The number of carbonyl (C=O) groups excluding carboxylic acids is 1.